The summed E-state index contributed by atoms with van der Waals surface area (Å²) in [6, 6.07) is 3.44. The van der Waals surface area contributed by atoms with E-state index in [0.29, 0.717) is 18.2 Å². The molecule has 0 spiro atoms. The molecular weight excluding hydrogens is 271 g/mol. The van der Waals surface area contributed by atoms with Crippen molar-refractivity contribution in [1.29, 1.82) is 0 Å². The molecule has 1 heterocycles. The summed E-state index contributed by atoms with van der Waals surface area (Å²) in [7, 11) is 0. The SMILES string of the molecule is CCC1CCN(c2ccc(C(=O)O)c(C(F)(F)F)c2)C1. The lowest BCUT2D eigenvalue weighted by Crippen LogP contribution is -2.21. The summed E-state index contributed by atoms with van der Waals surface area (Å²) in [5, 5.41) is 8.85. The number of hydrogen-bond donors (Lipinski definition) is 1. The quantitative estimate of drug-likeness (QED) is 0.922. The van der Waals surface area contributed by atoms with Crippen LogP contribution in [0.1, 0.15) is 35.7 Å². The van der Waals surface area contributed by atoms with Crippen molar-refractivity contribution in [2.45, 2.75) is 25.9 Å². The smallest absolute Gasteiger partial charge is 0.417 e. The van der Waals surface area contributed by atoms with Gasteiger partial charge in [-0.2, -0.15) is 13.2 Å². The van der Waals surface area contributed by atoms with Crippen molar-refractivity contribution in [2.24, 2.45) is 5.92 Å². The van der Waals surface area contributed by atoms with Crippen molar-refractivity contribution < 1.29 is 23.1 Å². The van der Waals surface area contributed by atoms with E-state index < -0.39 is 23.3 Å². The number of nitrogens with zero attached hydrogens (tertiary/aromatic N) is 1. The molecule has 1 fully saturated rings. The van der Waals surface area contributed by atoms with Gasteiger partial charge in [0.05, 0.1) is 11.1 Å². The first-order chi connectivity index (χ1) is 9.32. The van der Waals surface area contributed by atoms with E-state index in [0.717, 1.165) is 31.5 Å². The lowest BCUT2D eigenvalue weighted by molar-refractivity contribution is -0.138. The second-order valence-electron chi connectivity index (χ2n) is 5.04. The predicted molar refractivity (Wildman–Crippen MR) is 69.0 cm³/mol. The molecule has 1 aliphatic heterocycles. The average molecular weight is 287 g/mol. The molecule has 20 heavy (non-hydrogen) atoms. The Morgan fingerprint density at radius 1 is 1.45 bits per heavy atom. The fraction of sp³-hybridized carbons (Fsp3) is 0.500. The van der Waals surface area contributed by atoms with Crippen LogP contribution in [0.15, 0.2) is 18.2 Å². The van der Waals surface area contributed by atoms with Crippen LogP contribution < -0.4 is 4.90 Å². The molecule has 0 amide bonds. The monoisotopic (exact) mass is 287 g/mol. The Labute approximate surface area is 115 Å². The molecule has 0 aromatic heterocycles. The summed E-state index contributed by atoms with van der Waals surface area (Å²) in [4.78, 5) is 12.8. The highest BCUT2D eigenvalue weighted by Crippen LogP contribution is 2.36. The number of anilines is 1. The molecule has 1 unspecified atom stereocenters. The number of aromatic carboxylic acids is 1. The molecule has 0 aliphatic carbocycles. The van der Waals surface area contributed by atoms with Crippen LogP contribution in [0.5, 0.6) is 0 Å². The number of carboxylic acid groups (broad SMARTS) is 1. The van der Waals surface area contributed by atoms with Crippen LogP contribution in [0, 0.1) is 5.92 Å². The largest absolute Gasteiger partial charge is 0.478 e. The normalized spacial score (nSPS) is 19.4. The molecular formula is C14H16F3NO2. The highest BCUT2D eigenvalue weighted by atomic mass is 19.4. The van der Waals surface area contributed by atoms with Crippen molar-refractivity contribution in [3.63, 3.8) is 0 Å². The molecule has 1 aromatic rings. The minimum atomic E-state index is -4.66. The number of rotatable bonds is 3. The molecule has 6 heteroatoms. The zero-order chi connectivity index (χ0) is 14.9. The zero-order valence-corrected chi connectivity index (χ0v) is 11.1. The topological polar surface area (TPSA) is 40.5 Å². The average Bonchev–Trinajstić information content (AvgIpc) is 2.85. The van der Waals surface area contributed by atoms with Gasteiger partial charge in [-0.25, -0.2) is 4.79 Å². The molecule has 110 valence electrons. The van der Waals surface area contributed by atoms with Crippen LogP contribution in [0.2, 0.25) is 0 Å². The lowest BCUT2D eigenvalue weighted by Gasteiger charge is -2.21. The standard InChI is InChI=1S/C14H16F3NO2/c1-2-9-5-6-18(8-9)10-3-4-11(13(19)20)12(7-10)14(15,16)17/h3-4,7,9H,2,5-6,8H2,1H3,(H,19,20). The summed E-state index contributed by atoms with van der Waals surface area (Å²) < 4.78 is 38.8. The van der Waals surface area contributed by atoms with E-state index in [2.05, 4.69) is 6.92 Å². The third kappa shape index (κ3) is 2.89. The molecule has 0 bridgehead atoms. The minimum absolute atomic E-state index is 0.443. The third-order valence-electron chi connectivity index (χ3n) is 3.77. The van der Waals surface area contributed by atoms with Gasteiger partial charge in [-0.1, -0.05) is 13.3 Å². The van der Waals surface area contributed by atoms with Gasteiger partial charge in [-0.3, -0.25) is 0 Å². The Balaban J connectivity index is 2.35. The number of benzene rings is 1. The van der Waals surface area contributed by atoms with E-state index in [1.165, 1.54) is 6.07 Å². The Kier molecular flexibility index (Phi) is 3.92. The number of hydrogen-bond acceptors (Lipinski definition) is 2. The first kappa shape index (κ1) is 14.7. The second-order valence-corrected chi connectivity index (χ2v) is 5.04. The van der Waals surface area contributed by atoms with Crippen LogP contribution in [-0.4, -0.2) is 24.2 Å². The Bertz CT molecular complexity index is 514. The summed E-state index contributed by atoms with van der Waals surface area (Å²) >= 11 is 0. The van der Waals surface area contributed by atoms with Gasteiger partial charge in [0.2, 0.25) is 0 Å². The van der Waals surface area contributed by atoms with E-state index in [1.54, 1.807) is 0 Å². The Morgan fingerprint density at radius 2 is 2.15 bits per heavy atom. The number of alkyl halides is 3. The van der Waals surface area contributed by atoms with Crippen LogP contribution in [0.4, 0.5) is 18.9 Å². The number of carboxylic acids is 1. The molecule has 1 aromatic carbocycles. The third-order valence-corrected chi connectivity index (χ3v) is 3.77. The number of carbonyl (C=O) groups is 1. The first-order valence-electron chi connectivity index (χ1n) is 6.52. The Hall–Kier alpha value is -1.72. The Morgan fingerprint density at radius 3 is 2.65 bits per heavy atom. The van der Waals surface area contributed by atoms with Crippen molar-refractivity contribution in [1.82, 2.24) is 0 Å². The molecule has 1 saturated heterocycles. The fourth-order valence-corrected chi connectivity index (χ4v) is 2.55. The van der Waals surface area contributed by atoms with Crippen LogP contribution in [0.3, 0.4) is 0 Å². The van der Waals surface area contributed by atoms with Gasteiger partial charge in [0.25, 0.3) is 0 Å². The van der Waals surface area contributed by atoms with Crippen LogP contribution in [-0.2, 0) is 6.18 Å². The van der Waals surface area contributed by atoms with Gasteiger partial charge < -0.3 is 10.0 Å². The summed E-state index contributed by atoms with van der Waals surface area (Å²) in [5.74, 6) is -1.07. The highest BCUT2D eigenvalue weighted by molar-refractivity contribution is 5.90. The fourth-order valence-electron chi connectivity index (χ4n) is 2.55. The lowest BCUT2D eigenvalue weighted by atomic mass is 10.1. The van der Waals surface area contributed by atoms with E-state index in [4.69, 9.17) is 5.11 Å². The number of halogens is 3. The highest BCUT2D eigenvalue weighted by Gasteiger charge is 2.36. The maximum absolute atomic E-state index is 12.9. The minimum Gasteiger partial charge on any atom is -0.478 e. The van der Waals surface area contributed by atoms with Crippen LogP contribution >= 0.6 is 0 Å². The summed E-state index contributed by atoms with van der Waals surface area (Å²) in [5.41, 5.74) is -1.34. The van der Waals surface area contributed by atoms with Gasteiger partial charge in [0, 0.05) is 18.8 Å². The van der Waals surface area contributed by atoms with Crippen molar-refractivity contribution >= 4 is 11.7 Å². The summed E-state index contributed by atoms with van der Waals surface area (Å²) in [6.07, 6.45) is -2.71. The first-order valence-corrected chi connectivity index (χ1v) is 6.52. The maximum Gasteiger partial charge on any atom is 0.417 e. The molecule has 1 atom stereocenters. The van der Waals surface area contributed by atoms with E-state index in [9.17, 15) is 18.0 Å². The molecule has 0 saturated carbocycles. The van der Waals surface area contributed by atoms with Gasteiger partial charge in [-0.05, 0) is 30.5 Å². The van der Waals surface area contributed by atoms with Crippen molar-refractivity contribution in [2.75, 3.05) is 18.0 Å². The van der Waals surface area contributed by atoms with E-state index in [1.807, 2.05) is 4.90 Å². The summed E-state index contributed by atoms with van der Waals surface area (Å²) in [6.45, 7) is 3.49. The molecule has 1 N–H and O–H groups in total. The van der Waals surface area contributed by atoms with E-state index in [-0.39, 0.29) is 0 Å². The van der Waals surface area contributed by atoms with Gasteiger partial charge in [0.15, 0.2) is 0 Å². The molecule has 1 aliphatic rings. The maximum atomic E-state index is 12.9. The molecule has 2 rings (SSSR count). The van der Waals surface area contributed by atoms with Crippen molar-refractivity contribution in [3.05, 3.63) is 29.3 Å². The molecule has 0 radical (unpaired) electrons. The van der Waals surface area contributed by atoms with Gasteiger partial charge >= 0.3 is 12.1 Å². The van der Waals surface area contributed by atoms with Gasteiger partial charge in [0.1, 0.15) is 0 Å². The molecule has 3 nitrogen and oxygen atoms in total. The van der Waals surface area contributed by atoms with E-state index >= 15 is 0 Å². The van der Waals surface area contributed by atoms with Crippen LogP contribution in [0.25, 0.3) is 0 Å². The zero-order valence-electron chi connectivity index (χ0n) is 11.1. The predicted octanol–water partition coefficient (Wildman–Crippen LogP) is 3.64. The second kappa shape index (κ2) is 5.34. The van der Waals surface area contributed by atoms with Crippen molar-refractivity contribution in [3.8, 4) is 0 Å². The van der Waals surface area contributed by atoms with Gasteiger partial charge in [-0.15, -0.1) is 0 Å².